The lowest BCUT2D eigenvalue weighted by Crippen LogP contribution is -2.28. The number of halogens is 3. The van der Waals surface area contributed by atoms with E-state index in [9.17, 15) is 13.2 Å². The highest BCUT2D eigenvalue weighted by atomic mass is 19.4. The van der Waals surface area contributed by atoms with Crippen molar-refractivity contribution >= 4 is 11.5 Å². The van der Waals surface area contributed by atoms with Crippen LogP contribution in [-0.4, -0.2) is 18.9 Å². The lowest BCUT2D eigenvalue weighted by atomic mass is 10.0. The molecule has 0 saturated carbocycles. The topological polar surface area (TPSA) is 53.1 Å². The van der Waals surface area contributed by atoms with Crippen LogP contribution in [0.5, 0.6) is 0 Å². The van der Waals surface area contributed by atoms with Crippen LogP contribution in [0.1, 0.15) is 31.9 Å². The second kappa shape index (κ2) is 6.15. The van der Waals surface area contributed by atoms with Gasteiger partial charge in [-0.3, -0.25) is 5.41 Å². The number of hydrogen-bond acceptors (Lipinski definition) is 2. The fraction of sp³-hybridized carbons (Fsp3) is 0.500. The molecule has 0 spiro atoms. The van der Waals surface area contributed by atoms with Crippen molar-refractivity contribution < 1.29 is 13.2 Å². The molecular weight excluding hydrogens is 267 g/mol. The molecule has 0 unspecified atom stereocenters. The first-order valence-corrected chi connectivity index (χ1v) is 6.47. The van der Waals surface area contributed by atoms with Gasteiger partial charge in [0.05, 0.1) is 5.56 Å². The summed E-state index contributed by atoms with van der Waals surface area (Å²) >= 11 is 0. The first-order valence-electron chi connectivity index (χ1n) is 6.47. The van der Waals surface area contributed by atoms with Crippen molar-refractivity contribution in [3.8, 4) is 0 Å². The Labute approximate surface area is 117 Å². The Kier molecular flexibility index (Phi) is 5.03. The van der Waals surface area contributed by atoms with Crippen molar-refractivity contribution in [1.82, 2.24) is 0 Å². The van der Waals surface area contributed by atoms with Crippen LogP contribution in [0, 0.1) is 11.3 Å². The summed E-state index contributed by atoms with van der Waals surface area (Å²) in [7, 11) is 0. The molecule has 0 heterocycles. The van der Waals surface area contributed by atoms with Crippen LogP contribution < -0.4 is 10.6 Å². The highest BCUT2D eigenvalue weighted by molar-refractivity contribution is 5.97. The third kappa shape index (κ3) is 3.88. The van der Waals surface area contributed by atoms with Gasteiger partial charge in [-0.2, -0.15) is 13.2 Å². The van der Waals surface area contributed by atoms with Gasteiger partial charge in [0.25, 0.3) is 0 Å². The summed E-state index contributed by atoms with van der Waals surface area (Å²) in [6.45, 7) is 7.44. The second-order valence-corrected chi connectivity index (χ2v) is 5.07. The zero-order valence-corrected chi connectivity index (χ0v) is 11.9. The van der Waals surface area contributed by atoms with Crippen molar-refractivity contribution in [2.24, 2.45) is 11.7 Å². The van der Waals surface area contributed by atoms with E-state index in [0.717, 1.165) is 12.6 Å². The highest BCUT2D eigenvalue weighted by Crippen LogP contribution is 2.34. The molecule has 1 rings (SSSR count). The van der Waals surface area contributed by atoms with E-state index in [-0.39, 0.29) is 5.56 Å². The lowest BCUT2D eigenvalue weighted by molar-refractivity contribution is -0.137. The van der Waals surface area contributed by atoms with Gasteiger partial charge in [-0.05, 0) is 31.0 Å². The molecule has 20 heavy (non-hydrogen) atoms. The molecule has 1 aromatic carbocycles. The number of benzene rings is 1. The first kappa shape index (κ1) is 16.3. The van der Waals surface area contributed by atoms with Gasteiger partial charge in [-0.1, -0.05) is 13.8 Å². The monoisotopic (exact) mass is 287 g/mol. The van der Waals surface area contributed by atoms with Crippen LogP contribution in [0.4, 0.5) is 18.9 Å². The van der Waals surface area contributed by atoms with E-state index >= 15 is 0 Å². The number of amidine groups is 1. The standard InChI is InChI=1S/C14H20F3N3/c1-4-20(8-9(2)3)10-5-6-12(14(15,16)17)11(7-10)13(18)19/h5-7,9H,4,8H2,1-3H3,(H3,18,19). The van der Waals surface area contributed by atoms with Crippen LogP contribution in [0.15, 0.2) is 18.2 Å². The zero-order chi connectivity index (χ0) is 15.5. The van der Waals surface area contributed by atoms with Crippen molar-refractivity contribution in [2.75, 3.05) is 18.0 Å². The Morgan fingerprint density at radius 1 is 1.35 bits per heavy atom. The third-order valence-electron chi connectivity index (χ3n) is 2.93. The summed E-state index contributed by atoms with van der Waals surface area (Å²) in [6, 6.07) is 3.77. The average molecular weight is 287 g/mol. The summed E-state index contributed by atoms with van der Waals surface area (Å²) in [6.07, 6.45) is -4.51. The molecule has 3 nitrogen and oxygen atoms in total. The Bertz CT molecular complexity index is 481. The predicted octanol–water partition coefficient (Wildman–Crippen LogP) is 3.47. The smallest absolute Gasteiger partial charge is 0.384 e. The van der Waals surface area contributed by atoms with Gasteiger partial charge in [-0.25, -0.2) is 0 Å². The molecule has 0 aliphatic carbocycles. The number of hydrogen-bond donors (Lipinski definition) is 2. The Morgan fingerprint density at radius 2 is 1.95 bits per heavy atom. The van der Waals surface area contributed by atoms with Crippen LogP contribution in [-0.2, 0) is 6.18 Å². The van der Waals surface area contributed by atoms with Gasteiger partial charge in [0.2, 0.25) is 0 Å². The maximum atomic E-state index is 12.9. The number of rotatable bonds is 5. The average Bonchev–Trinajstić information content (AvgIpc) is 2.33. The maximum Gasteiger partial charge on any atom is 0.417 e. The molecule has 0 aliphatic heterocycles. The van der Waals surface area contributed by atoms with Gasteiger partial charge in [0.1, 0.15) is 5.84 Å². The Hall–Kier alpha value is -1.72. The molecule has 112 valence electrons. The van der Waals surface area contributed by atoms with Gasteiger partial charge in [-0.15, -0.1) is 0 Å². The van der Waals surface area contributed by atoms with Gasteiger partial charge in [0.15, 0.2) is 0 Å². The molecule has 0 radical (unpaired) electrons. The number of alkyl halides is 3. The fourth-order valence-corrected chi connectivity index (χ4v) is 2.06. The Balaban J connectivity index is 3.25. The molecular formula is C14H20F3N3. The number of nitrogens with one attached hydrogen (secondary N) is 1. The van der Waals surface area contributed by atoms with E-state index in [0.29, 0.717) is 18.2 Å². The van der Waals surface area contributed by atoms with E-state index in [4.69, 9.17) is 11.1 Å². The molecule has 0 amide bonds. The predicted molar refractivity (Wildman–Crippen MR) is 75.2 cm³/mol. The minimum atomic E-state index is -4.51. The van der Waals surface area contributed by atoms with E-state index in [1.54, 1.807) is 0 Å². The van der Waals surface area contributed by atoms with Crippen molar-refractivity contribution in [3.05, 3.63) is 29.3 Å². The molecule has 0 aliphatic rings. The van der Waals surface area contributed by atoms with Crippen LogP contribution in [0.2, 0.25) is 0 Å². The quantitative estimate of drug-likeness (QED) is 0.643. The van der Waals surface area contributed by atoms with Crippen molar-refractivity contribution in [1.29, 1.82) is 5.41 Å². The third-order valence-corrected chi connectivity index (χ3v) is 2.93. The van der Waals surface area contributed by atoms with Gasteiger partial charge in [0, 0.05) is 24.3 Å². The molecule has 0 bridgehead atoms. The molecule has 1 aromatic rings. The normalized spacial score (nSPS) is 11.8. The SMILES string of the molecule is CCN(CC(C)C)c1ccc(C(F)(F)F)c(C(=N)N)c1. The molecule has 0 saturated heterocycles. The number of anilines is 1. The fourth-order valence-electron chi connectivity index (χ4n) is 2.06. The molecule has 0 aromatic heterocycles. The number of nitrogens with zero attached hydrogens (tertiary/aromatic N) is 1. The summed E-state index contributed by atoms with van der Waals surface area (Å²) in [5.41, 5.74) is 4.81. The number of nitrogen functional groups attached to an aromatic ring is 1. The van der Waals surface area contributed by atoms with E-state index in [1.807, 2.05) is 25.7 Å². The molecule has 6 heteroatoms. The number of nitrogens with two attached hydrogens (primary N) is 1. The van der Waals surface area contributed by atoms with Crippen LogP contribution >= 0.6 is 0 Å². The zero-order valence-electron chi connectivity index (χ0n) is 11.9. The van der Waals surface area contributed by atoms with Crippen LogP contribution in [0.25, 0.3) is 0 Å². The molecule has 0 fully saturated rings. The summed E-state index contributed by atoms with van der Waals surface area (Å²) in [5.74, 6) is -0.183. The van der Waals surface area contributed by atoms with E-state index < -0.39 is 17.6 Å². The minimum Gasteiger partial charge on any atom is -0.384 e. The largest absolute Gasteiger partial charge is 0.417 e. The summed E-state index contributed by atoms with van der Waals surface area (Å²) in [5, 5.41) is 7.35. The van der Waals surface area contributed by atoms with Crippen molar-refractivity contribution in [2.45, 2.75) is 26.9 Å². The van der Waals surface area contributed by atoms with E-state index in [1.165, 1.54) is 12.1 Å². The van der Waals surface area contributed by atoms with Gasteiger partial charge >= 0.3 is 6.18 Å². The lowest BCUT2D eigenvalue weighted by Gasteiger charge is -2.26. The first-order chi connectivity index (χ1) is 9.16. The highest BCUT2D eigenvalue weighted by Gasteiger charge is 2.34. The molecule has 0 atom stereocenters. The summed E-state index contributed by atoms with van der Waals surface area (Å²) in [4.78, 5) is 1.97. The minimum absolute atomic E-state index is 0.266. The van der Waals surface area contributed by atoms with Crippen molar-refractivity contribution in [3.63, 3.8) is 0 Å². The van der Waals surface area contributed by atoms with Crippen LogP contribution in [0.3, 0.4) is 0 Å². The Morgan fingerprint density at radius 3 is 2.35 bits per heavy atom. The maximum absolute atomic E-state index is 12.9. The van der Waals surface area contributed by atoms with E-state index in [2.05, 4.69) is 0 Å². The summed E-state index contributed by atoms with van der Waals surface area (Å²) < 4.78 is 38.6. The second-order valence-electron chi connectivity index (χ2n) is 5.07. The van der Waals surface area contributed by atoms with Gasteiger partial charge < -0.3 is 10.6 Å². The molecule has 3 N–H and O–H groups in total.